The number of carboxylic acid groups (broad SMARTS) is 1. The van der Waals surface area contributed by atoms with Gasteiger partial charge >= 0.3 is 5.97 Å². The van der Waals surface area contributed by atoms with Gasteiger partial charge in [-0.25, -0.2) is 4.79 Å². The van der Waals surface area contributed by atoms with Crippen LogP contribution in [0.25, 0.3) is 0 Å². The quantitative estimate of drug-likeness (QED) is 0.760. The zero-order chi connectivity index (χ0) is 18.4. The summed E-state index contributed by atoms with van der Waals surface area (Å²) in [5.41, 5.74) is 1.19. The topological polar surface area (TPSA) is 96.9 Å². The highest BCUT2D eigenvalue weighted by Crippen LogP contribution is 2.33. The van der Waals surface area contributed by atoms with Gasteiger partial charge in [0.1, 0.15) is 0 Å². The van der Waals surface area contributed by atoms with E-state index in [0.717, 1.165) is 0 Å². The minimum atomic E-state index is -1.38. The zero-order valence-corrected chi connectivity index (χ0v) is 14.1. The number of carbonyl (C=O) groups is 2. The van der Waals surface area contributed by atoms with Crippen molar-refractivity contribution in [1.82, 2.24) is 0 Å². The molecule has 0 aliphatic heterocycles. The molecule has 0 aliphatic rings. The number of hydrogen-bond acceptors (Lipinski definition) is 7. The van der Waals surface area contributed by atoms with E-state index in [1.54, 1.807) is 36.4 Å². The van der Waals surface area contributed by atoms with Crippen molar-refractivity contribution in [2.45, 2.75) is 6.54 Å². The van der Waals surface area contributed by atoms with Gasteiger partial charge in [0.25, 0.3) is 0 Å². The van der Waals surface area contributed by atoms with Gasteiger partial charge in [0.2, 0.25) is 0 Å². The highest BCUT2D eigenvalue weighted by Gasteiger charge is 2.17. The Balaban J connectivity index is 2.36. The predicted octanol–water partition coefficient (Wildman–Crippen LogP) is 1.47. The van der Waals surface area contributed by atoms with Gasteiger partial charge in [-0.3, -0.25) is 0 Å². The van der Waals surface area contributed by atoms with Crippen LogP contribution in [0.2, 0.25) is 0 Å². The number of rotatable bonds is 7. The van der Waals surface area contributed by atoms with Crippen molar-refractivity contribution in [2.75, 3.05) is 26.6 Å². The van der Waals surface area contributed by atoms with Crippen molar-refractivity contribution in [3.8, 4) is 11.5 Å². The van der Waals surface area contributed by atoms with E-state index in [0.29, 0.717) is 22.6 Å². The van der Waals surface area contributed by atoms with Crippen LogP contribution in [0.5, 0.6) is 11.5 Å². The lowest BCUT2D eigenvalue weighted by Gasteiger charge is -2.18. The molecule has 132 valence electrons. The van der Waals surface area contributed by atoms with Gasteiger partial charge in [-0.05, 0) is 23.8 Å². The third-order valence-corrected chi connectivity index (χ3v) is 3.64. The van der Waals surface area contributed by atoms with Crippen molar-refractivity contribution < 1.29 is 28.9 Å². The van der Waals surface area contributed by atoms with Crippen LogP contribution in [0, 0.1) is 0 Å². The maximum atomic E-state index is 11.8. The molecule has 2 aromatic carbocycles. The molecule has 25 heavy (non-hydrogen) atoms. The normalized spacial score (nSPS) is 10.0. The van der Waals surface area contributed by atoms with E-state index < -0.39 is 11.9 Å². The molecule has 0 fully saturated rings. The third kappa shape index (κ3) is 3.82. The van der Waals surface area contributed by atoms with Gasteiger partial charge in [0, 0.05) is 17.8 Å². The molecule has 0 bridgehead atoms. The fraction of sp³-hybridized carbons (Fsp3) is 0.222. The van der Waals surface area contributed by atoms with Gasteiger partial charge in [-0.15, -0.1) is 0 Å². The Morgan fingerprint density at radius 3 is 2.36 bits per heavy atom. The van der Waals surface area contributed by atoms with Crippen molar-refractivity contribution >= 4 is 17.6 Å². The molecule has 7 heteroatoms. The van der Waals surface area contributed by atoms with Crippen LogP contribution in [0.3, 0.4) is 0 Å². The van der Waals surface area contributed by atoms with Gasteiger partial charge < -0.3 is 29.4 Å². The first-order chi connectivity index (χ1) is 12.0. The first-order valence-electron chi connectivity index (χ1n) is 7.39. The second-order valence-corrected chi connectivity index (χ2v) is 5.01. The van der Waals surface area contributed by atoms with Gasteiger partial charge in [0.15, 0.2) is 11.5 Å². The fourth-order valence-electron chi connectivity index (χ4n) is 2.45. The molecule has 0 unspecified atom stereocenters. The van der Waals surface area contributed by atoms with Crippen LogP contribution in [-0.2, 0) is 11.3 Å². The molecule has 0 aromatic heterocycles. The maximum absolute atomic E-state index is 11.8. The second kappa shape index (κ2) is 8.05. The lowest BCUT2D eigenvalue weighted by molar-refractivity contribution is -0.255. The van der Waals surface area contributed by atoms with Crippen molar-refractivity contribution in [3.05, 3.63) is 53.1 Å². The van der Waals surface area contributed by atoms with Gasteiger partial charge in [0.05, 0.1) is 32.9 Å². The first kappa shape index (κ1) is 18.1. The van der Waals surface area contributed by atoms with Crippen LogP contribution in [-0.4, -0.2) is 33.3 Å². The highest BCUT2D eigenvalue weighted by molar-refractivity contribution is 5.96. The molecule has 0 heterocycles. The van der Waals surface area contributed by atoms with E-state index in [9.17, 15) is 14.7 Å². The molecule has 2 rings (SSSR count). The Morgan fingerprint density at radius 2 is 1.76 bits per heavy atom. The SMILES string of the molecule is COC(=O)c1ccccc1NCc1ccc(OC)c(OC)c1C(=O)[O-]. The van der Waals surface area contributed by atoms with E-state index >= 15 is 0 Å². The zero-order valence-electron chi connectivity index (χ0n) is 14.1. The Labute approximate surface area is 145 Å². The summed E-state index contributed by atoms with van der Waals surface area (Å²) >= 11 is 0. The third-order valence-electron chi connectivity index (χ3n) is 3.64. The molecule has 0 atom stereocenters. The van der Waals surface area contributed by atoms with Crippen LogP contribution >= 0.6 is 0 Å². The molecule has 2 aromatic rings. The summed E-state index contributed by atoms with van der Waals surface area (Å²) in [4.78, 5) is 23.4. The van der Waals surface area contributed by atoms with Gasteiger partial charge in [-0.1, -0.05) is 18.2 Å². The van der Waals surface area contributed by atoms with Crippen LogP contribution in [0.15, 0.2) is 36.4 Å². The summed E-state index contributed by atoms with van der Waals surface area (Å²) in [6, 6.07) is 9.98. The van der Waals surface area contributed by atoms with E-state index in [2.05, 4.69) is 5.32 Å². The standard InChI is InChI=1S/C18H19NO6/c1-23-14-9-8-11(15(17(20)21)16(14)24-2)10-19-13-7-5-4-6-12(13)18(22)25-3/h4-9,19H,10H2,1-3H3,(H,20,21)/p-1. The molecule has 1 N–H and O–H groups in total. The summed E-state index contributed by atoms with van der Waals surface area (Å²) < 4.78 is 15.0. The molecule has 0 radical (unpaired) electrons. The average molecular weight is 344 g/mol. The van der Waals surface area contributed by atoms with E-state index in [-0.39, 0.29) is 17.9 Å². The number of methoxy groups -OCH3 is 3. The average Bonchev–Trinajstić information content (AvgIpc) is 2.64. The Bertz CT molecular complexity index is 787. The molecule has 0 saturated heterocycles. The molecular formula is C18H18NO6-. The van der Waals surface area contributed by atoms with Crippen LogP contribution in [0.1, 0.15) is 26.3 Å². The largest absolute Gasteiger partial charge is 0.545 e. The minimum Gasteiger partial charge on any atom is -0.545 e. The van der Waals surface area contributed by atoms with Crippen LogP contribution in [0.4, 0.5) is 5.69 Å². The molecule has 0 spiro atoms. The lowest BCUT2D eigenvalue weighted by Crippen LogP contribution is -2.25. The minimum absolute atomic E-state index is 0.0862. The molecule has 0 saturated carbocycles. The Hall–Kier alpha value is -3.22. The number of para-hydroxylation sites is 1. The smallest absolute Gasteiger partial charge is 0.339 e. The lowest BCUT2D eigenvalue weighted by atomic mass is 10.0. The molecule has 0 aliphatic carbocycles. The monoisotopic (exact) mass is 344 g/mol. The van der Waals surface area contributed by atoms with Crippen LogP contribution < -0.4 is 19.9 Å². The summed E-state index contributed by atoms with van der Waals surface area (Å²) in [5.74, 6) is -1.49. The number of carboxylic acids is 1. The molecule has 0 amide bonds. The number of hydrogen-bond donors (Lipinski definition) is 1. The number of anilines is 1. The molecular weight excluding hydrogens is 326 g/mol. The maximum Gasteiger partial charge on any atom is 0.339 e. The Kier molecular flexibility index (Phi) is 5.84. The summed E-state index contributed by atoms with van der Waals surface area (Å²) in [6.07, 6.45) is 0. The highest BCUT2D eigenvalue weighted by atomic mass is 16.5. The van der Waals surface area contributed by atoms with E-state index in [1.807, 2.05) is 0 Å². The molecule has 7 nitrogen and oxygen atoms in total. The number of esters is 1. The number of carbonyl (C=O) groups excluding carboxylic acids is 2. The summed E-state index contributed by atoms with van der Waals surface area (Å²) in [7, 11) is 4.07. The second-order valence-electron chi connectivity index (χ2n) is 5.01. The number of nitrogens with one attached hydrogen (secondary N) is 1. The summed E-state index contributed by atoms with van der Waals surface area (Å²) in [5, 5.41) is 14.6. The van der Waals surface area contributed by atoms with Crippen molar-refractivity contribution in [2.24, 2.45) is 0 Å². The summed E-state index contributed by atoms with van der Waals surface area (Å²) in [6.45, 7) is 0.137. The Morgan fingerprint density at radius 1 is 1.04 bits per heavy atom. The van der Waals surface area contributed by atoms with E-state index in [4.69, 9.17) is 14.2 Å². The van der Waals surface area contributed by atoms with Gasteiger partial charge in [-0.2, -0.15) is 0 Å². The number of ether oxygens (including phenoxy) is 3. The number of aromatic carboxylic acids is 1. The first-order valence-corrected chi connectivity index (χ1v) is 7.39. The van der Waals surface area contributed by atoms with Crippen molar-refractivity contribution in [1.29, 1.82) is 0 Å². The predicted molar refractivity (Wildman–Crippen MR) is 89.0 cm³/mol. The van der Waals surface area contributed by atoms with Crippen molar-refractivity contribution in [3.63, 3.8) is 0 Å². The van der Waals surface area contributed by atoms with E-state index in [1.165, 1.54) is 21.3 Å². The fourth-order valence-corrected chi connectivity index (χ4v) is 2.45. The number of benzene rings is 2.